The summed E-state index contributed by atoms with van der Waals surface area (Å²) in [5.74, 6) is 0. The van der Waals surface area contributed by atoms with Gasteiger partial charge in [0.2, 0.25) is 0 Å². The highest BCUT2D eigenvalue weighted by Crippen LogP contribution is 2.23. The van der Waals surface area contributed by atoms with Crippen molar-refractivity contribution < 1.29 is 0 Å². The first kappa shape index (κ1) is 11.6. The number of hydrogen-bond acceptors (Lipinski definition) is 2. The third-order valence-corrected chi connectivity index (χ3v) is 5.77. The Kier molecular flexibility index (Phi) is 2.80. The maximum atomic E-state index is 12.5. The van der Waals surface area contributed by atoms with Crippen LogP contribution in [0, 0.1) is 0 Å². The zero-order valence-electron chi connectivity index (χ0n) is 10.4. The van der Waals surface area contributed by atoms with E-state index in [-0.39, 0.29) is 5.43 Å². The molecule has 0 aliphatic heterocycles. The molecule has 0 aliphatic carbocycles. The van der Waals surface area contributed by atoms with Crippen LogP contribution in [0.25, 0.3) is 20.2 Å². The molecule has 2 aromatic carbocycles. The van der Waals surface area contributed by atoms with Crippen molar-refractivity contribution in [2.45, 2.75) is 13.1 Å². The van der Waals surface area contributed by atoms with Crippen LogP contribution in [0.2, 0.25) is 13.1 Å². The van der Waals surface area contributed by atoms with Crippen LogP contribution in [0.3, 0.4) is 0 Å². The van der Waals surface area contributed by atoms with Crippen molar-refractivity contribution in [1.29, 1.82) is 0 Å². The maximum Gasteiger partial charge on any atom is 0.195 e. The summed E-state index contributed by atoms with van der Waals surface area (Å²) >= 11 is 1.70. The van der Waals surface area contributed by atoms with Gasteiger partial charge in [-0.2, -0.15) is 0 Å². The Morgan fingerprint density at radius 1 is 0.944 bits per heavy atom. The minimum absolute atomic E-state index is 0.171. The van der Waals surface area contributed by atoms with E-state index in [0.717, 1.165) is 20.2 Å². The molecule has 89 valence electrons. The zero-order valence-corrected chi connectivity index (χ0v) is 12.2. The number of fused-ring (bicyclic) bond motifs is 2. The van der Waals surface area contributed by atoms with E-state index in [1.165, 1.54) is 5.19 Å². The minimum atomic E-state index is -0.506. The van der Waals surface area contributed by atoms with Crippen LogP contribution < -0.4 is 10.6 Å². The van der Waals surface area contributed by atoms with Crippen LogP contribution in [0.1, 0.15) is 0 Å². The molecule has 0 unspecified atom stereocenters. The molecule has 1 aromatic heterocycles. The first-order chi connectivity index (χ1) is 8.66. The highest BCUT2D eigenvalue weighted by Gasteiger charge is 2.08. The predicted octanol–water partition coefficient (Wildman–Crippen LogP) is 3.38. The van der Waals surface area contributed by atoms with Crippen LogP contribution in [0.4, 0.5) is 0 Å². The first-order valence-electron chi connectivity index (χ1n) is 5.93. The molecule has 0 amide bonds. The van der Waals surface area contributed by atoms with E-state index in [0.29, 0.717) is 0 Å². The molecule has 0 atom stereocenters. The van der Waals surface area contributed by atoms with Crippen molar-refractivity contribution in [3.05, 3.63) is 52.7 Å². The molecule has 1 radical (unpaired) electrons. The van der Waals surface area contributed by atoms with Gasteiger partial charge in [-0.25, -0.2) is 0 Å². The molecular weight excluding hydrogens is 256 g/mol. The first-order valence-corrected chi connectivity index (χ1v) is 9.24. The van der Waals surface area contributed by atoms with E-state index in [4.69, 9.17) is 0 Å². The topological polar surface area (TPSA) is 17.1 Å². The van der Waals surface area contributed by atoms with Gasteiger partial charge in [0.1, 0.15) is 0 Å². The van der Waals surface area contributed by atoms with Crippen molar-refractivity contribution in [2.75, 3.05) is 0 Å². The second-order valence-corrected chi connectivity index (χ2v) is 8.30. The Morgan fingerprint density at radius 3 is 2.44 bits per heavy atom. The molecule has 3 heteroatoms. The summed E-state index contributed by atoms with van der Waals surface area (Å²) in [6.07, 6.45) is 0. The molecule has 0 bridgehead atoms. The summed E-state index contributed by atoms with van der Waals surface area (Å²) in [6, 6.07) is 14.2. The molecule has 1 nitrogen and oxygen atoms in total. The predicted molar refractivity (Wildman–Crippen MR) is 82.7 cm³/mol. The maximum absolute atomic E-state index is 12.5. The van der Waals surface area contributed by atoms with E-state index in [1.54, 1.807) is 11.3 Å². The number of benzene rings is 2. The Hall–Kier alpha value is -1.45. The molecule has 18 heavy (non-hydrogen) atoms. The fourth-order valence-corrected chi connectivity index (χ4v) is 4.02. The highest BCUT2D eigenvalue weighted by atomic mass is 32.1. The number of rotatable bonds is 1. The molecule has 0 spiro atoms. The summed E-state index contributed by atoms with van der Waals surface area (Å²) in [4.78, 5) is 12.5. The Bertz CT molecular complexity index is 789. The fraction of sp³-hybridized carbons (Fsp3) is 0.133. The third-order valence-electron chi connectivity index (χ3n) is 3.15. The van der Waals surface area contributed by atoms with Gasteiger partial charge in [0.25, 0.3) is 0 Å². The van der Waals surface area contributed by atoms with E-state index >= 15 is 0 Å². The van der Waals surface area contributed by atoms with Gasteiger partial charge in [-0.3, -0.25) is 4.79 Å². The Labute approximate surface area is 111 Å². The van der Waals surface area contributed by atoms with Crippen LogP contribution >= 0.6 is 11.3 Å². The lowest BCUT2D eigenvalue weighted by Gasteiger charge is -2.06. The van der Waals surface area contributed by atoms with E-state index in [2.05, 4.69) is 31.3 Å². The van der Waals surface area contributed by atoms with Gasteiger partial charge >= 0.3 is 0 Å². The average molecular weight is 269 g/mol. The lowest BCUT2D eigenvalue weighted by Crippen LogP contribution is -2.22. The molecular formula is C15H13OSSi. The largest absolute Gasteiger partial charge is 0.289 e. The summed E-state index contributed by atoms with van der Waals surface area (Å²) < 4.78 is 2.16. The molecule has 0 saturated carbocycles. The summed E-state index contributed by atoms with van der Waals surface area (Å²) in [6.45, 7) is 4.50. The van der Waals surface area contributed by atoms with Gasteiger partial charge in [-0.15, -0.1) is 11.3 Å². The van der Waals surface area contributed by atoms with Crippen molar-refractivity contribution >= 4 is 45.5 Å². The molecule has 0 saturated heterocycles. The smallest absolute Gasteiger partial charge is 0.195 e. The molecule has 0 fully saturated rings. The van der Waals surface area contributed by atoms with Crippen molar-refractivity contribution in [3.63, 3.8) is 0 Å². The third kappa shape index (κ3) is 1.80. The monoisotopic (exact) mass is 269 g/mol. The molecule has 0 aliphatic rings. The normalized spacial score (nSPS) is 11.5. The second-order valence-electron chi connectivity index (χ2n) is 4.64. The van der Waals surface area contributed by atoms with Crippen molar-refractivity contribution in [2.24, 2.45) is 0 Å². The standard InChI is InChI=1S/C15H13OSSi/c1-18(2)10-7-8-14-12(9-10)15(16)11-5-3-4-6-13(11)17-14/h3-9H,1-2H3. The van der Waals surface area contributed by atoms with Crippen molar-refractivity contribution in [1.82, 2.24) is 0 Å². The minimum Gasteiger partial charge on any atom is -0.289 e. The van der Waals surface area contributed by atoms with E-state index in [9.17, 15) is 4.79 Å². The molecule has 0 N–H and O–H groups in total. The molecule has 1 heterocycles. The SMILES string of the molecule is C[Si](C)c1ccc2sc3ccccc3c(=O)c2c1. The molecule has 3 rings (SSSR count). The van der Waals surface area contributed by atoms with Crippen LogP contribution in [0.15, 0.2) is 47.3 Å². The zero-order chi connectivity index (χ0) is 12.7. The van der Waals surface area contributed by atoms with Crippen LogP contribution in [-0.4, -0.2) is 8.80 Å². The Morgan fingerprint density at radius 2 is 1.67 bits per heavy atom. The van der Waals surface area contributed by atoms with Crippen LogP contribution in [-0.2, 0) is 0 Å². The van der Waals surface area contributed by atoms with Gasteiger partial charge in [0.15, 0.2) is 5.43 Å². The van der Waals surface area contributed by atoms with Gasteiger partial charge in [-0.05, 0) is 18.2 Å². The quantitative estimate of drug-likeness (QED) is 0.489. The van der Waals surface area contributed by atoms with Gasteiger partial charge in [-0.1, -0.05) is 42.5 Å². The fourth-order valence-electron chi connectivity index (χ4n) is 2.11. The summed E-state index contributed by atoms with van der Waals surface area (Å²) in [5, 5.41) is 3.04. The molecule has 3 aromatic rings. The summed E-state index contributed by atoms with van der Waals surface area (Å²) in [5.41, 5.74) is 0.171. The van der Waals surface area contributed by atoms with Gasteiger partial charge < -0.3 is 0 Å². The average Bonchev–Trinajstić information content (AvgIpc) is 2.38. The lowest BCUT2D eigenvalue weighted by atomic mass is 10.2. The van der Waals surface area contributed by atoms with Crippen molar-refractivity contribution in [3.8, 4) is 0 Å². The number of hydrogen-bond donors (Lipinski definition) is 0. The Balaban J connectivity index is 2.45. The van der Waals surface area contributed by atoms with Gasteiger partial charge in [0, 0.05) is 20.2 Å². The second kappa shape index (κ2) is 4.34. The highest BCUT2D eigenvalue weighted by molar-refractivity contribution is 7.24. The van der Waals surface area contributed by atoms with E-state index < -0.39 is 8.80 Å². The lowest BCUT2D eigenvalue weighted by molar-refractivity contribution is 1.76. The van der Waals surface area contributed by atoms with E-state index in [1.807, 2.05) is 24.3 Å². The summed E-state index contributed by atoms with van der Waals surface area (Å²) in [7, 11) is -0.506. The van der Waals surface area contributed by atoms with Crippen LogP contribution in [0.5, 0.6) is 0 Å². The van der Waals surface area contributed by atoms with Gasteiger partial charge in [0.05, 0.1) is 8.80 Å².